The van der Waals surface area contributed by atoms with Crippen molar-refractivity contribution < 1.29 is 31.1 Å². The van der Waals surface area contributed by atoms with Gasteiger partial charge in [-0.25, -0.2) is 16.8 Å². The van der Waals surface area contributed by atoms with E-state index >= 15 is 0 Å². The third-order valence-corrected chi connectivity index (χ3v) is 8.08. The molecule has 4 aromatic rings. The van der Waals surface area contributed by atoms with Crippen molar-refractivity contribution in [2.24, 2.45) is 0 Å². The molecule has 41 heavy (non-hydrogen) atoms. The minimum atomic E-state index is -4.07. The fraction of sp³-hybridized carbons (Fsp3) is 0.0690. The average molecular weight is 594 g/mol. The quantitative estimate of drug-likeness (QED) is 0.218. The molecule has 0 bridgehead atoms. The number of nitrogens with one attached hydrogen (secondary N) is 3. The summed E-state index contributed by atoms with van der Waals surface area (Å²) in [4.78, 5) is 13.0. The number of hydrogen-bond donors (Lipinski definition) is 3. The normalized spacial score (nSPS) is 11.6. The SMILES string of the molecule is COc1ccc(S(=O)(=O)Nc2ccccc2OC)cc1NC(=O)c1cccc(NS(=O)(=O)C=Cc2ccccc2)c1. The van der Waals surface area contributed by atoms with Crippen molar-refractivity contribution in [3.8, 4) is 11.5 Å². The molecule has 0 aliphatic carbocycles. The Morgan fingerprint density at radius 1 is 0.707 bits per heavy atom. The maximum absolute atomic E-state index is 13.1. The molecular weight excluding hydrogens is 566 g/mol. The molecule has 0 radical (unpaired) electrons. The molecule has 0 unspecified atom stereocenters. The Kier molecular flexibility index (Phi) is 8.95. The molecule has 0 spiro atoms. The molecule has 0 saturated carbocycles. The highest BCUT2D eigenvalue weighted by Crippen LogP contribution is 2.31. The molecule has 1 amide bonds. The summed E-state index contributed by atoms with van der Waals surface area (Å²) in [5.74, 6) is -0.0573. The van der Waals surface area contributed by atoms with Gasteiger partial charge in [-0.15, -0.1) is 0 Å². The molecular formula is C29H27N3O7S2. The van der Waals surface area contributed by atoms with Crippen LogP contribution < -0.4 is 24.2 Å². The van der Waals surface area contributed by atoms with Crippen LogP contribution in [-0.4, -0.2) is 37.0 Å². The summed E-state index contributed by atoms with van der Waals surface area (Å²) in [5.41, 5.74) is 1.34. The van der Waals surface area contributed by atoms with E-state index in [4.69, 9.17) is 9.47 Å². The van der Waals surface area contributed by atoms with Gasteiger partial charge in [0.25, 0.3) is 26.0 Å². The number of sulfonamides is 2. The topological polar surface area (TPSA) is 140 Å². The van der Waals surface area contributed by atoms with Crippen molar-refractivity contribution in [2.75, 3.05) is 29.0 Å². The first-order chi connectivity index (χ1) is 19.6. The molecule has 0 heterocycles. The maximum Gasteiger partial charge on any atom is 0.262 e. The van der Waals surface area contributed by atoms with Gasteiger partial charge >= 0.3 is 0 Å². The van der Waals surface area contributed by atoms with Gasteiger partial charge in [-0.1, -0.05) is 48.5 Å². The van der Waals surface area contributed by atoms with Crippen LogP contribution in [0.5, 0.6) is 11.5 Å². The van der Waals surface area contributed by atoms with E-state index in [1.54, 1.807) is 48.5 Å². The lowest BCUT2D eigenvalue weighted by atomic mass is 10.2. The number of para-hydroxylation sites is 2. The van der Waals surface area contributed by atoms with Gasteiger partial charge in [0.05, 0.1) is 35.9 Å². The molecule has 3 N–H and O–H groups in total. The highest BCUT2D eigenvalue weighted by molar-refractivity contribution is 7.95. The van der Waals surface area contributed by atoms with Crippen LogP contribution in [-0.2, 0) is 20.0 Å². The van der Waals surface area contributed by atoms with Crippen LogP contribution >= 0.6 is 0 Å². The first-order valence-corrected chi connectivity index (χ1v) is 15.1. The average Bonchev–Trinajstić information content (AvgIpc) is 2.96. The molecule has 10 nitrogen and oxygen atoms in total. The third kappa shape index (κ3) is 7.65. The maximum atomic E-state index is 13.1. The lowest BCUT2D eigenvalue weighted by Gasteiger charge is -2.15. The van der Waals surface area contributed by atoms with Crippen LogP contribution in [0.1, 0.15) is 15.9 Å². The molecule has 4 rings (SSSR count). The lowest BCUT2D eigenvalue weighted by molar-refractivity contribution is 0.102. The van der Waals surface area contributed by atoms with E-state index in [1.165, 1.54) is 62.8 Å². The standard InChI is InChI=1S/C29H27N3O7S2/c1-38-27-14-7-6-13-25(27)32-41(36,37)24-15-16-28(39-2)26(20-24)30-29(33)22-11-8-12-23(19-22)31-40(34,35)18-17-21-9-4-3-5-10-21/h3-20,31-32H,1-2H3,(H,30,33). The Balaban J connectivity index is 1.53. The molecule has 0 saturated heterocycles. The van der Waals surface area contributed by atoms with E-state index in [-0.39, 0.29) is 33.3 Å². The van der Waals surface area contributed by atoms with Gasteiger partial charge in [-0.2, -0.15) is 0 Å². The number of carbonyl (C=O) groups is 1. The summed E-state index contributed by atoms with van der Waals surface area (Å²) in [6.45, 7) is 0. The number of benzene rings is 4. The minimum Gasteiger partial charge on any atom is -0.495 e. The summed E-state index contributed by atoms with van der Waals surface area (Å²) in [7, 11) is -5.12. The van der Waals surface area contributed by atoms with Crippen molar-refractivity contribution in [2.45, 2.75) is 4.90 Å². The fourth-order valence-electron chi connectivity index (χ4n) is 3.73. The number of anilines is 3. The van der Waals surface area contributed by atoms with Gasteiger partial charge in [0, 0.05) is 11.3 Å². The first kappa shape index (κ1) is 29.2. The highest BCUT2D eigenvalue weighted by Gasteiger charge is 2.20. The van der Waals surface area contributed by atoms with E-state index in [0.29, 0.717) is 11.3 Å². The second-order valence-corrected chi connectivity index (χ2v) is 11.8. The molecule has 12 heteroatoms. The zero-order chi connectivity index (χ0) is 29.5. The van der Waals surface area contributed by atoms with Crippen molar-refractivity contribution in [3.63, 3.8) is 0 Å². The van der Waals surface area contributed by atoms with Crippen LogP contribution in [0.2, 0.25) is 0 Å². The molecule has 212 valence electrons. The Morgan fingerprint density at radius 3 is 2.12 bits per heavy atom. The van der Waals surface area contributed by atoms with Gasteiger partial charge < -0.3 is 14.8 Å². The smallest absolute Gasteiger partial charge is 0.262 e. The Labute approximate surface area is 238 Å². The van der Waals surface area contributed by atoms with E-state index < -0.39 is 26.0 Å². The number of methoxy groups -OCH3 is 2. The van der Waals surface area contributed by atoms with Crippen LogP contribution in [0.25, 0.3) is 6.08 Å². The van der Waals surface area contributed by atoms with Crippen LogP contribution in [0.4, 0.5) is 17.1 Å². The lowest BCUT2D eigenvalue weighted by Crippen LogP contribution is -2.16. The van der Waals surface area contributed by atoms with E-state index in [2.05, 4.69) is 14.8 Å². The monoisotopic (exact) mass is 593 g/mol. The first-order valence-electron chi connectivity index (χ1n) is 12.1. The number of carbonyl (C=O) groups excluding carboxylic acids is 1. The molecule has 0 aromatic heterocycles. The highest BCUT2D eigenvalue weighted by atomic mass is 32.2. The van der Waals surface area contributed by atoms with Gasteiger partial charge in [0.2, 0.25) is 0 Å². The molecule has 4 aromatic carbocycles. The van der Waals surface area contributed by atoms with Crippen LogP contribution in [0.3, 0.4) is 0 Å². The van der Waals surface area contributed by atoms with E-state index in [9.17, 15) is 21.6 Å². The number of amides is 1. The predicted molar refractivity (Wildman–Crippen MR) is 159 cm³/mol. The van der Waals surface area contributed by atoms with Gasteiger partial charge in [-0.3, -0.25) is 14.2 Å². The third-order valence-electron chi connectivity index (χ3n) is 5.70. The number of rotatable bonds is 11. The van der Waals surface area contributed by atoms with Crippen molar-refractivity contribution in [1.82, 2.24) is 0 Å². The predicted octanol–water partition coefficient (Wildman–Crippen LogP) is 5.17. The van der Waals surface area contributed by atoms with Crippen LogP contribution in [0.15, 0.2) is 107 Å². The molecule has 0 aliphatic heterocycles. The Hall–Kier alpha value is -4.81. The molecule has 0 fully saturated rings. The Bertz CT molecular complexity index is 1790. The second-order valence-electron chi connectivity index (χ2n) is 8.56. The van der Waals surface area contributed by atoms with Crippen molar-refractivity contribution in [1.29, 1.82) is 0 Å². The number of hydrogen-bond acceptors (Lipinski definition) is 7. The van der Waals surface area contributed by atoms with Crippen molar-refractivity contribution in [3.05, 3.63) is 114 Å². The number of ether oxygens (including phenoxy) is 2. The van der Waals surface area contributed by atoms with Gasteiger partial charge in [-0.05, 0) is 60.2 Å². The van der Waals surface area contributed by atoms with E-state index in [1.807, 2.05) is 6.07 Å². The van der Waals surface area contributed by atoms with Gasteiger partial charge in [0.15, 0.2) is 0 Å². The minimum absolute atomic E-state index is 0.0946. The summed E-state index contributed by atoms with van der Waals surface area (Å²) in [5, 5.41) is 3.67. The van der Waals surface area contributed by atoms with Crippen molar-refractivity contribution >= 4 is 49.1 Å². The zero-order valence-corrected chi connectivity index (χ0v) is 23.7. The molecule has 0 atom stereocenters. The largest absolute Gasteiger partial charge is 0.495 e. The fourth-order valence-corrected chi connectivity index (χ4v) is 5.69. The summed E-state index contributed by atoms with van der Waals surface area (Å²) < 4.78 is 66.7. The molecule has 0 aliphatic rings. The second kappa shape index (κ2) is 12.6. The van der Waals surface area contributed by atoms with Gasteiger partial charge in [0.1, 0.15) is 11.5 Å². The van der Waals surface area contributed by atoms with Crippen LogP contribution in [0, 0.1) is 0 Å². The van der Waals surface area contributed by atoms with E-state index in [0.717, 1.165) is 5.41 Å². The zero-order valence-electron chi connectivity index (χ0n) is 22.1. The summed E-state index contributed by atoms with van der Waals surface area (Å²) >= 11 is 0. The Morgan fingerprint density at radius 2 is 1.39 bits per heavy atom. The summed E-state index contributed by atoms with van der Waals surface area (Å²) in [6, 6.07) is 25.4. The summed E-state index contributed by atoms with van der Waals surface area (Å²) in [6.07, 6.45) is 1.45.